The first-order valence-electron chi connectivity index (χ1n) is 9.23. The predicted molar refractivity (Wildman–Crippen MR) is 116 cm³/mol. The van der Waals surface area contributed by atoms with Crippen molar-refractivity contribution in [3.8, 4) is 11.5 Å². The van der Waals surface area contributed by atoms with E-state index in [1.165, 1.54) is 38.5 Å². The summed E-state index contributed by atoms with van der Waals surface area (Å²) in [7, 11) is -1.25. The Kier molecular flexibility index (Phi) is 6.12. The van der Waals surface area contributed by atoms with Gasteiger partial charge in [-0.15, -0.1) is 0 Å². The second-order valence-electron chi connectivity index (χ2n) is 6.71. The van der Waals surface area contributed by atoms with E-state index < -0.39 is 15.9 Å². The van der Waals surface area contributed by atoms with Crippen LogP contribution in [0.15, 0.2) is 71.6 Å². The normalized spacial score (nSPS) is 11.1. The topological polar surface area (TPSA) is 72.9 Å². The quantitative estimate of drug-likeness (QED) is 0.587. The molecule has 7 heteroatoms. The molecule has 1 amide bonds. The van der Waals surface area contributed by atoms with E-state index in [2.05, 4.69) is 0 Å². The minimum atomic E-state index is -4.18. The fourth-order valence-corrected chi connectivity index (χ4v) is 4.54. The van der Waals surface area contributed by atoms with E-state index in [0.29, 0.717) is 22.7 Å². The molecule has 0 radical (unpaired) electrons. The monoisotopic (exact) mass is 425 g/mol. The zero-order valence-corrected chi connectivity index (χ0v) is 18.1. The number of hydrogen-bond donors (Lipinski definition) is 0. The van der Waals surface area contributed by atoms with Crippen LogP contribution in [-0.4, -0.2) is 28.5 Å². The van der Waals surface area contributed by atoms with Crippen molar-refractivity contribution >= 4 is 21.6 Å². The van der Waals surface area contributed by atoms with Crippen LogP contribution in [0.1, 0.15) is 21.5 Å². The summed E-state index contributed by atoms with van der Waals surface area (Å²) in [4.78, 5) is 13.6. The first kappa shape index (κ1) is 21.4. The maximum Gasteiger partial charge on any atom is 0.272 e. The number of nitrogens with zero attached hydrogens (tertiary/aromatic N) is 1. The number of sulfonamides is 1. The molecular weight excluding hydrogens is 402 g/mol. The van der Waals surface area contributed by atoms with Gasteiger partial charge in [0.25, 0.3) is 15.9 Å². The molecular formula is C23H23NO5S. The van der Waals surface area contributed by atoms with Gasteiger partial charge in [-0.25, -0.2) is 8.42 Å². The third-order valence-corrected chi connectivity index (χ3v) is 6.57. The van der Waals surface area contributed by atoms with Crippen molar-refractivity contribution in [2.45, 2.75) is 18.7 Å². The standard InChI is InChI=1S/C23H23NO5S/c1-16-9-8-12-22(17(16)2)24(30(26,27)21-10-6-5-7-11-21)23(25)18-13-19(28-3)15-20(14-18)29-4/h5-15H,1-4H3. The summed E-state index contributed by atoms with van der Waals surface area (Å²) < 4.78 is 38.5. The molecule has 0 spiro atoms. The lowest BCUT2D eigenvalue weighted by atomic mass is 10.1. The number of ether oxygens (including phenoxy) is 2. The number of methoxy groups -OCH3 is 2. The van der Waals surface area contributed by atoms with Crippen molar-refractivity contribution < 1.29 is 22.7 Å². The van der Waals surface area contributed by atoms with Gasteiger partial charge in [0.15, 0.2) is 0 Å². The van der Waals surface area contributed by atoms with Gasteiger partial charge in [0.2, 0.25) is 0 Å². The maximum atomic E-state index is 13.6. The number of carbonyl (C=O) groups is 1. The highest BCUT2D eigenvalue weighted by molar-refractivity contribution is 7.93. The van der Waals surface area contributed by atoms with Crippen LogP contribution in [0.5, 0.6) is 11.5 Å². The minimum absolute atomic E-state index is 0.0223. The van der Waals surface area contributed by atoms with Crippen molar-refractivity contribution in [3.63, 3.8) is 0 Å². The van der Waals surface area contributed by atoms with E-state index in [1.807, 2.05) is 13.0 Å². The van der Waals surface area contributed by atoms with Crippen LogP contribution in [0, 0.1) is 13.8 Å². The van der Waals surface area contributed by atoms with Gasteiger partial charge in [-0.3, -0.25) is 4.79 Å². The Labute approximate surface area is 176 Å². The molecule has 0 aromatic heterocycles. The Morgan fingerprint density at radius 2 is 1.43 bits per heavy atom. The second-order valence-corrected chi connectivity index (χ2v) is 8.49. The highest BCUT2D eigenvalue weighted by Crippen LogP contribution is 2.32. The van der Waals surface area contributed by atoms with Crippen LogP contribution in [0.2, 0.25) is 0 Å². The summed E-state index contributed by atoms with van der Waals surface area (Å²) in [5, 5.41) is 0. The van der Waals surface area contributed by atoms with E-state index in [9.17, 15) is 13.2 Å². The lowest BCUT2D eigenvalue weighted by Crippen LogP contribution is -2.37. The van der Waals surface area contributed by atoms with E-state index in [-0.39, 0.29) is 10.5 Å². The zero-order chi connectivity index (χ0) is 21.9. The van der Waals surface area contributed by atoms with Crippen LogP contribution in [0.4, 0.5) is 5.69 Å². The van der Waals surface area contributed by atoms with Gasteiger partial charge in [-0.2, -0.15) is 4.31 Å². The Bertz CT molecular complexity index is 1150. The smallest absolute Gasteiger partial charge is 0.272 e. The second kappa shape index (κ2) is 8.59. The summed E-state index contributed by atoms with van der Waals surface area (Å²) in [6, 6.07) is 17.7. The lowest BCUT2D eigenvalue weighted by Gasteiger charge is -2.25. The van der Waals surface area contributed by atoms with Crippen LogP contribution >= 0.6 is 0 Å². The molecule has 0 aliphatic heterocycles. The molecule has 0 unspecified atom stereocenters. The molecule has 0 N–H and O–H groups in total. The molecule has 3 aromatic rings. The first-order chi connectivity index (χ1) is 14.3. The summed E-state index contributed by atoms with van der Waals surface area (Å²) in [5.41, 5.74) is 1.99. The van der Waals surface area contributed by atoms with Gasteiger partial charge in [0.05, 0.1) is 24.8 Å². The molecule has 30 heavy (non-hydrogen) atoms. The molecule has 0 saturated heterocycles. The summed E-state index contributed by atoms with van der Waals surface area (Å²) in [5.74, 6) is 0.0659. The molecule has 0 atom stereocenters. The summed E-state index contributed by atoms with van der Waals surface area (Å²) >= 11 is 0. The number of benzene rings is 3. The highest BCUT2D eigenvalue weighted by Gasteiger charge is 2.33. The van der Waals surface area contributed by atoms with Crippen LogP contribution in [0.25, 0.3) is 0 Å². The minimum Gasteiger partial charge on any atom is -0.497 e. The van der Waals surface area contributed by atoms with Gasteiger partial charge in [0.1, 0.15) is 11.5 Å². The highest BCUT2D eigenvalue weighted by atomic mass is 32.2. The number of rotatable bonds is 6. The molecule has 0 fully saturated rings. The van der Waals surface area contributed by atoms with Crippen molar-refractivity contribution in [1.29, 1.82) is 0 Å². The Balaban J connectivity index is 2.25. The van der Waals surface area contributed by atoms with E-state index >= 15 is 0 Å². The molecule has 0 saturated carbocycles. The average Bonchev–Trinajstić information content (AvgIpc) is 2.76. The third-order valence-electron chi connectivity index (χ3n) is 4.86. The number of aryl methyl sites for hydroxylation is 1. The molecule has 6 nitrogen and oxygen atoms in total. The van der Waals surface area contributed by atoms with Gasteiger partial charge < -0.3 is 9.47 Å². The number of hydrogen-bond acceptors (Lipinski definition) is 5. The molecule has 0 heterocycles. The molecule has 3 aromatic carbocycles. The van der Waals surface area contributed by atoms with Gasteiger partial charge in [0, 0.05) is 11.6 Å². The van der Waals surface area contributed by atoms with E-state index in [4.69, 9.17) is 9.47 Å². The fraction of sp³-hybridized carbons (Fsp3) is 0.174. The SMILES string of the molecule is COc1cc(OC)cc(C(=O)N(c2cccc(C)c2C)S(=O)(=O)c2ccccc2)c1. The zero-order valence-electron chi connectivity index (χ0n) is 17.2. The Morgan fingerprint density at radius 3 is 2.00 bits per heavy atom. The van der Waals surface area contributed by atoms with E-state index in [1.54, 1.807) is 43.3 Å². The Morgan fingerprint density at radius 1 is 0.833 bits per heavy atom. The largest absolute Gasteiger partial charge is 0.497 e. The van der Waals surface area contributed by atoms with Crippen molar-refractivity contribution in [2.24, 2.45) is 0 Å². The fourth-order valence-electron chi connectivity index (χ4n) is 3.05. The molecule has 156 valence electrons. The first-order valence-corrected chi connectivity index (χ1v) is 10.7. The van der Waals surface area contributed by atoms with Crippen LogP contribution < -0.4 is 13.8 Å². The number of amides is 1. The average molecular weight is 426 g/mol. The number of anilines is 1. The maximum absolute atomic E-state index is 13.6. The van der Waals surface area contributed by atoms with Crippen molar-refractivity contribution in [1.82, 2.24) is 0 Å². The molecule has 0 aliphatic rings. The summed E-state index contributed by atoms with van der Waals surface area (Å²) in [6.07, 6.45) is 0. The lowest BCUT2D eigenvalue weighted by molar-refractivity contribution is 0.100. The van der Waals surface area contributed by atoms with Gasteiger partial charge in [-0.1, -0.05) is 30.3 Å². The van der Waals surface area contributed by atoms with E-state index in [0.717, 1.165) is 9.87 Å². The third kappa shape index (κ3) is 4.02. The molecule has 0 aliphatic carbocycles. The molecule has 0 bridgehead atoms. The van der Waals surface area contributed by atoms with Crippen molar-refractivity contribution in [3.05, 3.63) is 83.4 Å². The predicted octanol–water partition coefficient (Wildman–Crippen LogP) is 4.36. The summed E-state index contributed by atoms with van der Waals surface area (Å²) in [6.45, 7) is 3.66. The van der Waals surface area contributed by atoms with Gasteiger partial charge >= 0.3 is 0 Å². The van der Waals surface area contributed by atoms with Gasteiger partial charge in [-0.05, 0) is 55.3 Å². The number of carbonyl (C=O) groups excluding carboxylic acids is 1. The molecule has 3 rings (SSSR count). The van der Waals surface area contributed by atoms with Crippen LogP contribution in [-0.2, 0) is 10.0 Å². The van der Waals surface area contributed by atoms with Crippen LogP contribution in [0.3, 0.4) is 0 Å². The Hall–Kier alpha value is -3.32. The van der Waals surface area contributed by atoms with Crippen molar-refractivity contribution in [2.75, 3.05) is 18.5 Å².